The van der Waals surface area contributed by atoms with Crippen LogP contribution in [0.5, 0.6) is 0 Å². The molecule has 1 unspecified atom stereocenters. The first-order valence-corrected chi connectivity index (χ1v) is 10.9. The normalized spacial score (nSPS) is 32.5. The van der Waals surface area contributed by atoms with Crippen molar-refractivity contribution in [1.82, 2.24) is 0 Å². The summed E-state index contributed by atoms with van der Waals surface area (Å²) in [5.41, 5.74) is 0.940. The molecular formula is C24H36O3. The predicted molar refractivity (Wildman–Crippen MR) is 109 cm³/mol. The van der Waals surface area contributed by atoms with E-state index in [0.29, 0.717) is 23.3 Å². The van der Waals surface area contributed by atoms with Gasteiger partial charge < -0.3 is 9.84 Å². The number of rotatable bonds is 7. The minimum Gasteiger partial charge on any atom is -0.458 e. The van der Waals surface area contributed by atoms with Crippen LogP contribution < -0.4 is 0 Å². The Morgan fingerprint density at radius 1 is 1.19 bits per heavy atom. The first-order valence-electron chi connectivity index (χ1n) is 10.9. The largest absolute Gasteiger partial charge is 0.458 e. The van der Waals surface area contributed by atoms with E-state index in [2.05, 4.69) is 13.8 Å². The van der Waals surface area contributed by atoms with Gasteiger partial charge in [0.15, 0.2) is 0 Å². The predicted octanol–water partition coefficient (Wildman–Crippen LogP) is 5.62. The van der Waals surface area contributed by atoms with E-state index in [1.165, 1.54) is 25.7 Å². The number of aliphatic hydroxyl groups is 1. The number of carbonyl (C=O) groups is 1. The van der Waals surface area contributed by atoms with Gasteiger partial charge >= 0.3 is 5.97 Å². The van der Waals surface area contributed by atoms with Crippen LogP contribution in [0.25, 0.3) is 0 Å². The number of hydrogen-bond donors (Lipinski definition) is 1. The average Bonchev–Trinajstić information content (AvgIpc) is 3.00. The van der Waals surface area contributed by atoms with Crippen molar-refractivity contribution in [2.24, 2.45) is 23.2 Å². The molecule has 1 N–H and O–H groups in total. The summed E-state index contributed by atoms with van der Waals surface area (Å²) < 4.78 is 6.03. The molecule has 150 valence electrons. The number of carbonyl (C=O) groups excluding carboxylic acids is 1. The summed E-state index contributed by atoms with van der Waals surface area (Å²) in [4.78, 5) is 12.6. The maximum Gasteiger partial charge on any atom is 0.338 e. The Bertz CT molecular complexity index is 611. The standard InChI is InChI=1S/C24H36O3/c1-17(9-7-10-18(2)25)20-14-15-21-22(13-8-16-24(20,21)3)27-23(26)19-11-5-4-6-12-19/h4-6,11-12,17-18,20-22,25H,7-10,13-16H2,1-3H3/t17-,18+,20?,21-,22-,24+/m0/s1. The highest BCUT2D eigenvalue weighted by Gasteiger charge is 2.53. The lowest BCUT2D eigenvalue weighted by atomic mass is 9.61. The van der Waals surface area contributed by atoms with Gasteiger partial charge in [0.05, 0.1) is 11.7 Å². The first kappa shape index (κ1) is 20.4. The zero-order valence-electron chi connectivity index (χ0n) is 17.2. The molecule has 2 fully saturated rings. The van der Waals surface area contributed by atoms with Crippen molar-refractivity contribution in [3.63, 3.8) is 0 Å². The summed E-state index contributed by atoms with van der Waals surface area (Å²) in [7, 11) is 0. The Morgan fingerprint density at radius 3 is 2.63 bits per heavy atom. The average molecular weight is 373 g/mol. The van der Waals surface area contributed by atoms with Crippen molar-refractivity contribution in [3.05, 3.63) is 35.9 Å². The lowest BCUT2D eigenvalue weighted by Gasteiger charge is -2.46. The fourth-order valence-corrected chi connectivity index (χ4v) is 5.95. The van der Waals surface area contributed by atoms with Crippen LogP contribution in [-0.2, 0) is 4.74 Å². The molecule has 2 saturated carbocycles. The number of ether oxygens (including phenoxy) is 1. The highest BCUT2D eigenvalue weighted by molar-refractivity contribution is 5.89. The first-order chi connectivity index (χ1) is 12.9. The zero-order chi connectivity index (χ0) is 19.4. The molecule has 0 aliphatic heterocycles. The summed E-state index contributed by atoms with van der Waals surface area (Å²) in [6.45, 7) is 6.72. The molecular weight excluding hydrogens is 336 g/mol. The van der Waals surface area contributed by atoms with Gasteiger partial charge in [0.25, 0.3) is 0 Å². The highest BCUT2D eigenvalue weighted by atomic mass is 16.5. The second kappa shape index (κ2) is 8.77. The van der Waals surface area contributed by atoms with Crippen molar-refractivity contribution >= 4 is 5.97 Å². The SMILES string of the molecule is C[C@@H](O)CCC[C@H](C)C1CC[C@H]2[C@@H](OC(=O)c3ccccc3)CCC[C@]12C. The molecule has 0 saturated heterocycles. The van der Waals surface area contributed by atoms with Crippen molar-refractivity contribution in [2.75, 3.05) is 0 Å². The van der Waals surface area contributed by atoms with Crippen LogP contribution in [0.3, 0.4) is 0 Å². The molecule has 0 radical (unpaired) electrons. The number of esters is 1. The minimum absolute atomic E-state index is 0.0612. The van der Waals surface area contributed by atoms with Gasteiger partial charge in [0.2, 0.25) is 0 Å². The molecule has 2 aliphatic carbocycles. The lowest BCUT2D eigenvalue weighted by molar-refractivity contribution is -0.0474. The van der Waals surface area contributed by atoms with Gasteiger partial charge in [-0.25, -0.2) is 4.79 Å². The summed E-state index contributed by atoms with van der Waals surface area (Å²) in [6, 6.07) is 9.39. The van der Waals surface area contributed by atoms with Gasteiger partial charge in [0, 0.05) is 5.92 Å². The van der Waals surface area contributed by atoms with Crippen LogP contribution in [0, 0.1) is 23.2 Å². The Morgan fingerprint density at radius 2 is 1.93 bits per heavy atom. The van der Waals surface area contributed by atoms with E-state index < -0.39 is 0 Å². The van der Waals surface area contributed by atoms with Gasteiger partial charge in [-0.1, -0.05) is 44.9 Å². The van der Waals surface area contributed by atoms with E-state index >= 15 is 0 Å². The Balaban J connectivity index is 1.64. The summed E-state index contributed by atoms with van der Waals surface area (Å²) >= 11 is 0. The zero-order valence-corrected chi connectivity index (χ0v) is 17.2. The smallest absolute Gasteiger partial charge is 0.338 e. The third kappa shape index (κ3) is 4.56. The van der Waals surface area contributed by atoms with Crippen LogP contribution in [-0.4, -0.2) is 23.3 Å². The molecule has 3 rings (SSSR count). The van der Waals surface area contributed by atoms with Gasteiger partial charge in [-0.05, 0) is 74.8 Å². The maximum atomic E-state index is 12.6. The van der Waals surface area contributed by atoms with Crippen LogP contribution >= 0.6 is 0 Å². The lowest BCUT2D eigenvalue weighted by Crippen LogP contribution is -2.43. The molecule has 1 aromatic rings. The summed E-state index contributed by atoms with van der Waals surface area (Å²) in [5.74, 6) is 1.69. The number of hydrogen-bond acceptors (Lipinski definition) is 3. The Kier molecular flexibility index (Phi) is 6.62. The molecule has 2 aliphatic rings. The van der Waals surface area contributed by atoms with E-state index in [-0.39, 0.29) is 23.6 Å². The van der Waals surface area contributed by atoms with Crippen molar-refractivity contribution in [1.29, 1.82) is 0 Å². The van der Waals surface area contributed by atoms with E-state index in [1.54, 1.807) is 0 Å². The van der Waals surface area contributed by atoms with E-state index in [4.69, 9.17) is 4.74 Å². The molecule has 6 atom stereocenters. The van der Waals surface area contributed by atoms with Gasteiger partial charge in [-0.3, -0.25) is 0 Å². The topological polar surface area (TPSA) is 46.5 Å². The van der Waals surface area contributed by atoms with E-state index in [1.807, 2.05) is 37.3 Å². The molecule has 3 nitrogen and oxygen atoms in total. The van der Waals surface area contributed by atoms with E-state index in [0.717, 1.165) is 25.7 Å². The Labute approximate surface area is 164 Å². The summed E-state index contributed by atoms with van der Waals surface area (Å²) in [5, 5.41) is 9.53. The van der Waals surface area contributed by atoms with Crippen molar-refractivity contribution in [2.45, 2.75) is 84.3 Å². The maximum absolute atomic E-state index is 12.6. The fourth-order valence-electron chi connectivity index (χ4n) is 5.95. The summed E-state index contributed by atoms with van der Waals surface area (Å²) in [6.07, 6.45) is 8.88. The second-order valence-electron chi connectivity index (χ2n) is 9.26. The fraction of sp³-hybridized carbons (Fsp3) is 0.708. The highest BCUT2D eigenvalue weighted by Crippen LogP contribution is 2.58. The second-order valence-corrected chi connectivity index (χ2v) is 9.26. The minimum atomic E-state index is -0.194. The Hall–Kier alpha value is -1.35. The van der Waals surface area contributed by atoms with Crippen LogP contribution in [0.4, 0.5) is 0 Å². The van der Waals surface area contributed by atoms with E-state index in [9.17, 15) is 9.90 Å². The number of benzene rings is 1. The molecule has 0 bridgehead atoms. The quantitative estimate of drug-likeness (QED) is 0.632. The molecule has 0 heterocycles. The number of fused-ring (bicyclic) bond motifs is 1. The third-order valence-electron chi connectivity index (χ3n) is 7.37. The molecule has 27 heavy (non-hydrogen) atoms. The van der Waals surface area contributed by atoms with Crippen LogP contribution in [0.15, 0.2) is 30.3 Å². The third-order valence-corrected chi connectivity index (χ3v) is 7.37. The molecule has 3 heteroatoms. The van der Waals surface area contributed by atoms with Gasteiger partial charge in [-0.15, -0.1) is 0 Å². The van der Waals surface area contributed by atoms with Gasteiger partial charge in [-0.2, -0.15) is 0 Å². The van der Waals surface area contributed by atoms with Crippen LogP contribution in [0.2, 0.25) is 0 Å². The molecule has 1 aromatic carbocycles. The molecule has 0 aromatic heterocycles. The monoisotopic (exact) mass is 372 g/mol. The van der Waals surface area contributed by atoms with Crippen LogP contribution in [0.1, 0.15) is 82.5 Å². The number of aliphatic hydroxyl groups excluding tert-OH is 1. The van der Waals surface area contributed by atoms with Crippen molar-refractivity contribution < 1.29 is 14.6 Å². The molecule has 0 spiro atoms. The van der Waals surface area contributed by atoms with Crippen molar-refractivity contribution in [3.8, 4) is 0 Å². The molecule has 0 amide bonds. The van der Waals surface area contributed by atoms with Gasteiger partial charge in [0.1, 0.15) is 6.10 Å².